The summed E-state index contributed by atoms with van der Waals surface area (Å²) in [6.07, 6.45) is 1.77. The van der Waals surface area contributed by atoms with Gasteiger partial charge in [-0.1, -0.05) is 53.8 Å². The number of non-ortho nitro benzene ring substituents is 1. The number of fused-ring (bicyclic) bond motifs is 1. The molecule has 0 amide bonds. The molecule has 1 aromatic heterocycles. The quantitative estimate of drug-likeness (QED) is 0.199. The molecule has 1 aliphatic heterocycles. The van der Waals surface area contributed by atoms with Gasteiger partial charge in [0.05, 0.1) is 33.9 Å². The number of benzene rings is 3. The second-order valence-electron chi connectivity index (χ2n) is 8.77. The maximum Gasteiger partial charge on any atom is 0.338 e. The Labute approximate surface area is 226 Å². The topological polar surface area (TPSA) is 113 Å². The summed E-state index contributed by atoms with van der Waals surface area (Å²) < 4.78 is 12.9. The maximum absolute atomic E-state index is 13.7. The van der Waals surface area contributed by atoms with E-state index in [1.54, 1.807) is 35.8 Å². The SMILES string of the molecule is COC(=O)C1=C(C)N=c2s/c(=C\c3cccc(OCc4ccc([N+](=O)[O-])cc4)c3)c(=O)n2[C@@H]1c1ccccc1. The molecule has 1 aliphatic rings. The standard InChI is InChI=1S/C29H23N3O6S/c1-18-25(28(34)37-2)26(21-8-4-3-5-9-21)31-27(33)24(39-29(31)30-18)16-20-7-6-10-23(15-20)38-17-19-11-13-22(14-12-19)32(35)36/h3-16,26H,17H2,1-2H3/b24-16-/t26-/m1/s1. The fourth-order valence-electron chi connectivity index (χ4n) is 4.37. The van der Waals surface area contributed by atoms with Gasteiger partial charge in [-0.05, 0) is 54.0 Å². The van der Waals surface area contributed by atoms with Crippen LogP contribution in [0.5, 0.6) is 5.75 Å². The fourth-order valence-corrected chi connectivity index (χ4v) is 5.42. The molecule has 0 spiro atoms. The molecule has 0 unspecified atom stereocenters. The lowest BCUT2D eigenvalue weighted by atomic mass is 9.96. The number of allylic oxidation sites excluding steroid dienone is 1. The Bertz CT molecular complexity index is 1770. The highest BCUT2D eigenvalue weighted by Gasteiger charge is 2.32. The normalized spacial score (nSPS) is 14.9. The molecular formula is C29H23N3O6S. The highest BCUT2D eigenvalue weighted by atomic mass is 32.1. The van der Waals surface area contributed by atoms with E-state index in [1.165, 1.54) is 30.6 Å². The zero-order valence-corrected chi connectivity index (χ0v) is 21.9. The van der Waals surface area contributed by atoms with E-state index in [2.05, 4.69) is 4.99 Å². The van der Waals surface area contributed by atoms with Crippen molar-refractivity contribution in [1.82, 2.24) is 4.57 Å². The molecule has 2 heterocycles. The Hall–Kier alpha value is -4.83. The molecule has 9 nitrogen and oxygen atoms in total. The van der Waals surface area contributed by atoms with Crippen molar-refractivity contribution in [2.45, 2.75) is 19.6 Å². The lowest BCUT2D eigenvalue weighted by Crippen LogP contribution is -2.39. The summed E-state index contributed by atoms with van der Waals surface area (Å²) >= 11 is 1.25. The molecule has 39 heavy (non-hydrogen) atoms. The first-order valence-corrected chi connectivity index (χ1v) is 12.8. The molecule has 0 N–H and O–H groups in total. The van der Waals surface area contributed by atoms with Crippen LogP contribution in [0, 0.1) is 10.1 Å². The predicted octanol–water partition coefficient (Wildman–Crippen LogP) is 3.90. The van der Waals surface area contributed by atoms with E-state index in [-0.39, 0.29) is 17.9 Å². The molecule has 0 aliphatic carbocycles. The number of thiazole rings is 1. The molecule has 0 fully saturated rings. The van der Waals surface area contributed by atoms with Crippen LogP contribution >= 0.6 is 11.3 Å². The molecular weight excluding hydrogens is 518 g/mol. The van der Waals surface area contributed by atoms with Crippen molar-refractivity contribution in [3.63, 3.8) is 0 Å². The number of nitro benzene ring substituents is 1. The number of hydrogen-bond donors (Lipinski definition) is 0. The monoisotopic (exact) mass is 541 g/mol. The molecule has 0 saturated heterocycles. The predicted molar refractivity (Wildman–Crippen MR) is 146 cm³/mol. The van der Waals surface area contributed by atoms with Gasteiger partial charge in [0.2, 0.25) is 0 Å². The van der Waals surface area contributed by atoms with Crippen molar-refractivity contribution in [2.75, 3.05) is 7.11 Å². The van der Waals surface area contributed by atoms with Gasteiger partial charge < -0.3 is 9.47 Å². The van der Waals surface area contributed by atoms with Crippen LogP contribution in [0.2, 0.25) is 0 Å². The first-order chi connectivity index (χ1) is 18.9. The van der Waals surface area contributed by atoms with Crippen LogP contribution in [0.4, 0.5) is 5.69 Å². The van der Waals surface area contributed by atoms with Crippen LogP contribution in [-0.2, 0) is 16.1 Å². The van der Waals surface area contributed by atoms with Gasteiger partial charge in [0, 0.05) is 12.1 Å². The lowest BCUT2D eigenvalue weighted by molar-refractivity contribution is -0.384. The smallest absolute Gasteiger partial charge is 0.338 e. The largest absolute Gasteiger partial charge is 0.489 e. The average molecular weight is 542 g/mol. The molecule has 4 aromatic rings. The molecule has 0 radical (unpaired) electrons. The lowest BCUT2D eigenvalue weighted by Gasteiger charge is -2.24. The Morgan fingerprint density at radius 1 is 1.10 bits per heavy atom. The molecule has 1 atom stereocenters. The summed E-state index contributed by atoms with van der Waals surface area (Å²) in [6, 6.07) is 22.1. The van der Waals surface area contributed by atoms with E-state index in [4.69, 9.17) is 9.47 Å². The molecule has 0 bridgehead atoms. The van der Waals surface area contributed by atoms with Gasteiger partial charge in [0.25, 0.3) is 11.2 Å². The number of aromatic nitrogens is 1. The van der Waals surface area contributed by atoms with Crippen LogP contribution in [0.15, 0.2) is 99.9 Å². The van der Waals surface area contributed by atoms with Crippen LogP contribution in [-0.4, -0.2) is 22.6 Å². The Morgan fingerprint density at radius 2 is 1.85 bits per heavy atom. The van der Waals surface area contributed by atoms with Gasteiger partial charge in [-0.3, -0.25) is 19.5 Å². The third kappa shape index (κ3) is 5.27. The third-order valence-electron chi connectivity index (χ3n) is 6.25. The van der Waals surface area contributed by atoms with Gasteiger partial charge in [-0.2, -0.15) is 0 Å². The fraction of sp³-hybridized carbons (Fsp3) is 0.138. The van der Waals surface area contributed by atoms with Crippen molar-refractivity contribution in [2.24, 2.45) is 4.99 Å². The number of carbonyl (C=O) groups excluding carboxylic acids is 1. The van der Waals surface area contributed by atoms with Crippen molar-refractivity contribution < 1.29 is 19.2 Å². The van der Waals surface area contributed by atoms with Crippen LogP contribution in [0.1, 0.15) is 29.7 Å². The summed E-state index contributed by atoms with van der Waals surface area (Å²) in [5.74, 6) is 0.0538. The zero-order chi connectivity index (χ0) is 27.5. The number of esters is 1. The van der Waals surface area contributed by atoms with Gasteiger partial charge >= 0.3 is 5.97 Å². The van der Waals surface area contributed by atoms with Crippen LogP contribution in [0.25, 0.3) is 6.08 Å². The van der Waals surface area contributed by atoms with E-state index in [1.807, 2.05) is 48.5 Å². The van der Waals surface area contributed by atoms with Crippen molar-refractivity contribution in [3.8, 4) is 5.75 Å². The third-order valence-corrected chi connectivity index (χ3v) is 7.23. The Morgan fingerprint density at radius 3 is 2.54 bits per heavy atom. The number of carbonyl (C=O) groups is 1. The molecule has 5 rings (SSSR count). The minimum atomic E-state index is -0.659. The summed E-state index contributed by atoms with van der Waals surface area (Å²) in [6.45, 7) is 1.97. The molecule has 10 heteroatoms. The van der Waals surface area contributed by atoms with E-state index in [0.717, 1.165) is 16.7 Å². The minimum absolute atomic E-state index is 0.0191. The molecule has 0 saturated carbocycles. The average Bonchev–Trinajstić information content (AvgIpc) is 3.25. The second kappa shape index (κ2) is 10.9. The second-order valence-corrected chi connectivity index (χ2v) is 9.78. The Kier molecular flexibility index (Phi) is 7.20. The number of ether oxygens (including phenoxy) is 2. The summed E-state index contributed by atoms with van der Waals surface area (Å²) in [7, 11) is 1.31. The van der Waals surface area contributed by atoms with E-state index in [9.17, 15) is 19.7 Å². The van der Waals surface area contributed by atoms with Gasteiger partial charge in [0.15, 0.2) is 4.80 Å². The van der Waals surface area contributed by atoms with Gasteiger partial charge in [-0.15, -0.1) is 0 Å². The Balaban J connectivity index is 1.48. The number of hydrogen-bond acceptors (Lipinski definition) is 8. The van der Waals surface area contributed by atoms with Gasteiger partial charge in [-0.25, -0.2) is 9.79 Å². The number of methoxy groups -OCH3 is 1. The van der Waals surface area contributed by atoms with E-state index in [0.29, 0.717) is 26.4 Å². The van der Waals surface area contributed by atoms with Crippen LogP contribution < -0.4 is 19.6 Å². The highest BCUT2D eigenvalue weighted by Crippen LogP contribution is 2.30. The molecule has 196 valence electrons. The van der Waals surface area contributed by atoms with Crippen molar-refractivity contribution in [1.29, 1.82) is 0 Å². The highest BCUT2D eigenvalue weighted by molar-refractivity contribution is 7.07. The molecule has 3 aromatic carbocycles. The number of nitro groups is 1. The van der Waals surface area contributed by atoms with Crippen molar-refractivity contribution >= 4 is 29.1 Å². The minimum Gasteiger partial charge on any atom is -0.489 e. The first kappa shape index (κ1) is 25.8. The summed E-state index contributed by atoms with van der Waals surface area (Å²) in [5, 5.41) is 10.9. The van der Waals surface area contributed by atoms with Crippen molar-refractivity contribution in [3.05, 3.63) is 137 Å². The summed E-state index contributed by atoms with van der Waals surface area (Å²) in [4.78, 5) is 41.9. The zero-order valence-electron chi connectivity index (χ0n) is 21.1. The van der Waals surface area contributed by atoms with Gasteiger partial charge in [0.1, 0.15) is 12.4 Å². The summed E-state index contributed by atoms with van der Waals surface area (Å²) in [5.41, 5.74) is 2.90. The number of rotatable bonds is 7. The maximum atomic E-state index is 13.7. The van der Waals surface area contributed by atoms with E-state index < -0.39 is 16.9 Å². The first-order valence-electron chi connectivity index (χ1n) is 12.0. The number of nitrogens with zero attached hydrogens (tertiary/aromatic N) is 3. The van der Waals surface area contributed by atoms with E-state index >= 15 is 0 Å². The van der Waals surface area contributed by atoms with Crippen LogP contribution in [0.3, 0.4) is 0 Å².